The van der Waals surface area contributed by atoms with Gasteiger partial charge in [0.1, 0.15) is 0 Å². The molecule has 1 nitrogen and oxygen atoms in total. The van der Waals surface area contributed by atoms with E-state index in [1.807, 2.05) is 0 Å². The highest BCUT2D eigenvalue weighted by molar-refractivity contribution is 6.09. The molecule has 5 aromatic rings. The summed E-state index contributed by atoms with van der Waals surface area (Å²) in [6.45, 7) is 3.18. The van der Waals surface area contributed by atoms with Crippen molar-refractivity contribution in [1.29, 1.82) is 0 Å². The minimum Gasteiger partial charge on any atom is -0.341 e. The van der Waals surface area contributed by atoms with Gasteiger partial charge in [0.15, 0.2) is 0 Å². The van der Waals surface area contributed by atoms with Gasteiger partial charge in [-0.3, -0.25) is 0 Å². The SMILES string of the molecule is CCn1c2ccccc2c2cc(/C(=C/c3ccccc3)c3ccccc3)ccc21. The van der Waals surface area contributed by atoms with Crippen molar-refractivity contribution in [1.82, 2.24) is 4.57 Å². The smallest absolute Gasteiger partial charge is 0.0491 e. The lowest BCUT2D eigenvalue weighted by Gasteiger charge is -2.10. The van der Waals surface area contributed by atoms with E-state index in [0.29, 0.717) is 0 Å². The number of rotatable bonds is 4. The van der Waals surface area contributed by atoms with Gasteiger partial charge in [0.2, 0.25) is 0 Å². The minimum atomic E-state index is 0.967. The van der Waals surface area contributed by atoms with Crippen molar-refractivity contribution < 1.29 is 0 Å². The van der Waals surface area contributed by atoms with E-state index >= 15 is 0 Å². The molecule has 0 atom stereocenters. The first-order chi connectivity index (χ1) is 14.3. The van der Waals surface area contributed by atoms with Gasteiger partial charge in [0, 0.05) is 28.4 Å². The third kappa shape index (κ3) is 3.15. The van der Waals surface area contributed by atoms with E-state index in [1.54, 1.807) is 0 Å². The van der Waals surface area contributed by atoms with Crippen molar-refractivity contribution >= 4 is 33.5 Å². The maximum Gasteiger partial charge on any atom is 0.0491 e. The molecule has 0 amide bonds. The lowest BCUT2D eigenvalue weighted by molar-refractivity contribution is 0.827. The summed E-state index contributed by atoms with van der Waals surface area (Å²) in [5.74, 6) is 0. The van der Waals surface area contributed by atoms with Crippen molar-refractivity contribution in [2.75, 3.05) is 0 Å². The number of hydrogen-bond acceptors (Lipinski definition) is 0. The summed E-state index contributed by atoms with van der Waals surface area (Å²) < 4.78 is 2.40. The first kappa shape index (κ1) is 17.5. The van der Waals surface area contributed by atoms with Crippen LogP contribution in [0.25, 0.3) is 33.5 Å². The highest BCUT2D eigenvalue weighted by atomic mass is 15.0. The van der Waals surface area contributed by atoms with E-state index in [-0.39, 0.29) is 0 Å². The van der Waals surface area contributed by atoms with Crippen molar-refractivity contribution in [2.45, 2.75) is 13.5 Å². The molecule has 0 spiro atoms. The van der Waals surface area contributed by atoms with Crippen LogP contribution in [0.3, 0.4) is 0 Å². The van der Waals surface area contributed by atoms with Crippen molar-refractivity contribution in [3.63, 3.8) is 0 Å². The fraction of sp³-hybridized carbons (Fsp3) is 0.0714. The predicted molar refractivity (Wildman–Crippen MR) is 125 cm³/mol. The normalized spacial score (nSPS) is 12.0. The Hall–Kier alpha value is -3.58. The van der Waals surface area contributed by atoms with Gasteiger partial charge in [0.25, 0.3) is 0 Å². The molecular formula is C28H23N. The second kappa shape index (κ2) is 7.44. The van der Waals surface area contributed by atoms with E-state index in [9.17, 15) is 0 Å². The molecule has 4 aromatic carbocycles. The molecule has 140 valence electrons. The summed E-state index contributed by atoms with van der Waals surface area (Å²) in [7, 11) is 0. The first-order valence-corrected chi connectivity index (χ1v) is 10.2. The Morgan fingerprint density at radius 2 is 1.31 bits per heavy atom. The van der Waals surface area contributed by atoms with Gasteiger partial charge >= 0.3 is 0 Å². The van der Waals surface area contributed by atoms with Crippen molar-refractivity contribution in [3.8, 4) is 0 Å². The number of aryl methyl sites for hydroxylation is 1. The fourth-order valence-electron chi connectivity index (χ4n) is 4.23. The molecule has 29 heavy (non-hydrogen) atoms. The first-order valence-electron chi connectivity index (χ1n) is 10.2. The average molecular weight is 373 g/mol. The Morgan fingerprint density at radius 1 is 0.655 bits per heavy atom. The van der Waals surface area contributed by atoms with Crippen LogP contribution in [0.5, 0.6) is 0 Å². The van der Waals surface area contributed by atoms with E-state index in [1.165, 1.54) is 44.1 Å². The molecule has 1 aromatic heterocycles. The van der Waals surface area contributed by atoms with Gasteiger partial charge < -0.3 is 4.57 Å². The zero-order valence-corrected chi connectivity index (χ0v) is 16.5. The Morgan fingerprint density at radius 3 is 2.07 bits per heavy atom. The molecule has 0 bridgehead atoms. The molecule has 0 aliphatic heterocycles. The molecule has 0 aliphatic carbocycles. The molecule has 0 radical (unpaired) electrons. The van der Waals surface area contributed by atoms with Crippen LogP contribution in [0.1, 0.15) is 23.6 Å². The molecule has 0 unspecified atom stereocenters. The van der Waals surface area contributed by atoms with Gasteiger partial charge in [-0.2, -0.15) is 0 Å². The van der Waals surface area contributed by atoms with Crippen LogP contribution >= 0.6 is 0 Å². The predicted octanol–water partition coefficient (Wildman–Crippen LogP) is 7.40. The average Bonchev–Trinajstić information content (AvgIpc) is 3.12. The van der Waals surface area contributed by atoms with Crippen LogP contribution in [-0.4, -0.2) is 4.57 Å². The zero-order chi connectivity index (χ0) is 19.6. The minimum absolute atomic E-state index is 0.967. The highest BCUT2D eigenvalue weighted by Gasteiger charge is 2.12. The molecule has 0 saturated carbocycles. The zero-order valence-electron chi connectivity index (χ0n) is 16.5. The van der Waals surface area contributed by atoms with Crippen LogP contribution in [-0.2, 0) is 6.54 Å². The van der Waals surface area contributed by atoms with Gasteiger partial charge in [0.05, 0.1) is 0 Å². The van der Waals surface area contributed by atoms with E-state index < -0.39 is 0 Å². The molecule has 0 saturated heterocycles. The standard InChI is InChI=1S/C28H23N/c1-2-29-27-16-10-9-15-24(27)26-20-23(17-18-28(26)29)25(22-13-7-4-8-14-22)19-21-11-5-3-6-12-21/h3-20H,2H2,1H3/b25-19+. The summed E-state index contributed by atoms with van der Waals surface area (Å²) in [5.41, 5.74) is 7.52. The summed E-state index contributed by atoms with van der Waals surface area (Å²) >= 11 is 0. The Kier molecular flexibility index (Phi) is 4.50. The summed E-state index contributed by atoms with van der Waals surface area (Å²) in [6.07, 6.45) is 2.29. The molecule has 0 fully saturated rings. The van der Waals surface area contributed by atoms with E-state index in [0.717, 1.165) is 6.54 Å². The van der Waals surface area contributed by atoms with Crippen LogP contribution < -0.4 is 0 Å². The van der Waals surface area contributed by atoms with Crippen LogP contribution in [0.15, 0.2) is 103 Å². The lowest BCUT2D eigenvalue weighted by atomic mass is 9.94. The van der Waals surface area contributed by atoms with Crippen LogP contribution in [0, 0.1) is 0 Å². The summed E-state index contributed by atoms with van der Waals surface area (Å²) in [4.78, 5) is 0. The number of nitrogens with zero attached hydrogens (tertiary/aromatic N) is 1. The lowest BCUT2D eigenvalue weighted by Crippen LogP contribution is -1.93. The molecule has 0 aliphatic rings. The second-order valence-corrected chi connectivity index (χ2v) is 7.33. The molecular weight excluding hydrogens is 350 g/mol. The monoisotopic (exact) mass is 373 g/mol. The van der Waals surface area contributed by atoms with Crippen molar-refractivity contribution in [2.24, 2.45) is 0 Å². The Labute approximate surface area is 171 Å². The molecule has 0 N–H and O–H groups in total. The van der Waals surface area contributed by atoms with Gasteiger partial charge in [-0.25, -0.2) is 0 Å². The number of benzene rings is 4. The third-order valence-corrected chi connectivity index (χ3v) is 5.59. The number of hydrogen-bond donors (Lipinski definition) is 0. The molecule has 1 heterocycles. The molecule has 1 heteroatoms. The van der Waals surface area contributed by atoms with Crippen LogP contribution in [0.4, 0.5) is 0 Å². The van der Waals surface area contributed by atoms with E-state index in [4.69, 9.17) is 0 Å². The second-order valence-electron chi connectivity index (χ2n) is 7.33. The Balaban J connectivity index is 1.76. The van der Waals surface area contributed by atoms with Crippen LogP contribution in [0.2, 0.25) is 0 Å². The number of aromatic nitrogens is 1. The quantitative estimate of drug-likeness (QED) is 0.289. The van der Waals surface area contributed by atoms with Crippen molar-refractivity contribution in [3.05, 3.63) is 120 Å². The number of para-hydroxylation sites is 1. The fourth-order valence-corrected chi connectivity index (χ4v) is 4.23. The largest absolute Gasteiger partial charge is 0.341 e. The maximum atomic E-state index is 2.40. The molecule has 5 rings (SSSR count). The summed E-state index contributed by atoms with van der Waals surface area (Å²) in [5, 5.41) is 2.63. The van der Waals surface area contributed by atoms with Gasteiger partial charge in [-0.1, -0.05) is 84.9 Å². The summed E-state index contributed by atoms with van der Waals surface area (Å²) in [6, 6.07) is 36.8. The highest BCUT2D eigenvalue weighted by Crippen LogP contribution is 2.33. The maximum absolute atomic E-state index is 2.40. The number of fused-ring (bicyclic) bond motifs is 3. The Bertz CT molecular complexity index is 1310. The third-order valence-electron chi connectivity index (χ3n) is 5.59. The van der Waals surface area contributed by atoms with Gasteiger partial charge in [-0.05, 0) is 53.5 Å². The van der Waals surface area contributed by atoms with E-state index in [2.05, 4.69) is 121 Å². The van der Waals surface area contributed by atoms with Gasteiger partial charge in [-0.15, -0.1) is 0 Å². The topological polar surface area (TPSA) is 4.93 Å².